The van der Waals surface area contributed by atoms with Crippen molar-refractivity contribution in [1.29, 1.82) is 5.26 Å². The summed E-state index contributed by atoms with van der Waals surface area (Å²) in [6.07, 6.45) is 1.63. The van der Waals surface area contributed by atoms with Crippen LogP contribution in [0.4, 0.5) is 0 Å². The number of hydrogen-bond donors (Lipinski definition) is 1. The van der Waals surface area contributed by atoms with E-state index in [9.17, 15) is 23.3 Å². The normalized spacial score (nSPS) is 17.9. The Labute approximate surface area is 174 Å². The maximum Gasteiger partial charge on any atom is 0.338 e. The number of ether oxygens (including phenoxy) is 1. The van der Waals surface area contributed by atoms with Crippen molar-refractivity contribution in [1.82, 2.24) is 5.32 Å². The zero-order valence-electron chi connectivity index (χ0n) is 16.3. The van der Waals surface area contributed by atoms with E-state index in [1.54, 1.807) is 43.3 Å². The molecule has 3 rings (SSSR count). The van der Waals surface area contributed by atoms with Crippen molar-refractivity contribution in [2.45, 2.75) is 19.4 Å². The Morgan fingerprint density at radius 1 is 1.27 bits per heavy atom. The summed E-state index contributed by atoms with van der Waals surface area (Å²) in [5.74, 6) is -0.353. The van der Waals surface area contributed by atoms with Crippen LogP contribution in [-0.4, -0.2) is 44.4 Å². The molecular formula is C21H20N2O6S. The fourth-order valence-electron chi connectivity index (χ4n) is 3.03. The summed E-state index contributed by atoms with van der Waals surface area (Å²) in [5.41, 5.74) is 0.948. The predicted molar refractivity (Wildman–Crippen MR) is 109 cm³/mol. The number of carbonyl (C=O) groups is 2. The van der Waals surface area contributed by atoms with Gasteiger partial charge >= 0.3 is 5.97 Å². The summed E-state index contributed by atoms with van der Waals surface area (Å²) < 4.78 is 33.6. The molecule has 2 aromatic rings. The largest absolute Gasteiger partial charge is 0.462 e. The molecule has 1 amide bonds. The van der Waals surface area contributed by atoms with Crippen LogP contribution >= 0.6 is 0 Å². The molecule has 30 heavy (non-hydrogen) atoms. The molecule has 156 valence electrons. The van der Waals surface area contributed by atoms with Gasteiger partial charge in [0.15, 0.2) is 9.84 Å². The first-order chi connectivity index (χ1) is 14.3. The van der Waals surface area contributed by atoms with Crippen LogP contribution in [0.2, 0.25) is 0 Å². The number of esters is 1. The number of nitrogens with one attached hydrogen (secondary N) is 1. The van der Waals surface area contributed by atoms with Crippen molar-refractivity contribution >= 4 is 27.8 Å². The fraction of sp³-hybridized carbons (Fsp3) is 0.286. The molecule has 1 atom stereocenters. The van der Waals surface area contributed by atoms with Crippen LogP contribution in [0.15, 0.2) is 46.4 Å². The Morgan fingerprint density at radius 2 is 2.00 bits per heavy atom. The summed E-state index contributed by atoms with van der Waals surface area (Å²) in [7, 11) is -3.14. The van der Waals surface area contributed by atoms with E-state index in [2.05, 4.69) is 5.32 Å². The molecule has 1 saturated heterocycles. The average molecular weight is 428 g/mol. The number of carbonyl (C=O) groups excluding carboxylic acids is 2. The second kappa shape index (κ2) is 8.97. The Hall–Kier alpha value is -3.38. The van der Waals surface area contributed by atoms with Gasteiger partial charge in [-0.3, -0.25) is 4.79 Å². The number of nitriles is 1. The molecule has 1 N–H and O–H groups in total. The zero-order valence-corrected chi connectivity index (χ0v) is 17.1. The molecule has 0 radical (unpaired) electrons. The lowest BCUT2D eigenvalue weighted by Crippen LogP contribution is -2.36. The summed E-state index contributed by atoms with van der Waals surface area (Å²) >= 11 is 0. The molecule has 1 fully saturated rings. The second-order valence-corrected chi connectivity index (χ2v) is 8.97. The monoisotopic (exact) mass is 428 g/mol. The Balaban J connectivity index is 1.71. The lowest BCUT2D eigenvalue weighted by Gasteiger charge is -2.09. The van der Waals surface area contributed by atoms with Crippen LogP contribution in [0, 0.1) is 11.3 Å². The third-order valence-electron chi connectivity index (χ3n) is 4.53. The molecule has 0 aliphatic carbocycles. The van der Waals surface area contributed by atoms with E-state index in [1.165, 1.54) is 6.08 Å². The minimum atomic E-state index is -3.14. The van der Waals surface area contributed by atoms with Crippen LogP contribution in [0.5, 0.6) is 0 Å². The summed E-state index contributed by atoms with van der Waals surface area (Å²) in [4.78, 5) is 24.0. The molecule has 1 aliphatic heterocycles. The quantitative estimate of drug-likeness (QED) is 0.425. The van der Waals surface area contributed by atoms with Crippen molar-refractivity contribution in [3.8, 4) is 17.4 Å². The van der Waals surface area contributed by atoms with Gasteiger partial charge in [0.25, 0.3) is 5.91 Å². The van der Waals surface area contributed by atoms with Gasteiger partial charge in [-0.25, -0.2) is 13.2 Å². The molecule has 0 unspecified atom stereocenters. The van der Waals surface area contributed by atoms with Crippen molar-refractivity contribution < 1.29 is 27.2 Å². The number of sulfone groups is 1. The smallest absolute Gasteiger partial charge is 0.338 e. The molecule has 1 aromatic heterocycles. The summed E-state index contributed by atoms with van der Waals surface area (Å²) in [6.45, 7) is 2.02. The predicted octanol–water partition coefficient (Wildman–Crippen LogP) is 2.33. The topological polar surface area (TPSA) is 126 Å². The van der Waals surface area contributed by atoms with E-state index < -0.39 is 27.8 Å². The third kappa shape index (κ3) is 5.15. The molecule has 1 aliphatic rings. The molecule has 2 heterocycles. The standard InChI is InChI=1S/C21H20N2O6S/c1-2-28-21(25)15-5-3-14(4-6-15)19-8-7-18(29-19)11-16(12-22)20(24)23-17-9-10-30(26,27)13-17/h3-8,11,17H,2,9-10,13H2,1H3,(H,23,24)/b16-11+/t17-/m0/s1. The van der Waals surface area contributed by atoms with E-state index in [0.717, 1.165) is 0 Å². The maximum absolute atomic E-state index is 12.3. The highest BCUT2D eigenvalue weighted by Crippen LogP contribution is 2.24. The van der Waals surface area contributed by atoms with Crippen molar-refractivity contribution in [2.24, 2.45) is 0 Å². The van der Waals surface area contributed by atoms with Gasteiger partial charge in [-0.15, -0.1) is 0 Å². The highest BCUT2D eigenvalue weighted by atomic mass is 32.2. The van der Waals surface area contributed by atoms with Crippen LogP contribution in [0.3, 0.4) is 0 Å². The van der Waals surface area contributed by atoms with Gasteiger partial charge in [-0.2, -0.15) is 5.26 Å². The van der Waals surface area contributed by atoms with Crippen molar-refractivity contribution in [3.05, 3.63) is 53.3 Å². The van der Waals surface area contributed by atoms with E-state index in [0.29, 0.717) is 35.7 Å². The molecule has 0 saturated carbocycles. The molecule has 8 nitrogen and oxygen atoms in total. The van der Waals surface area contributed by atoms with Gasteiger partial charge in [0.1, 0.15) is 23.2 Å². The molecule has 0 bridgehead atoms. The van der Waals surface area contributed by atoms with E-state index in [4.69, 9.17) is 9.15 Å². The van der Waals surface area contributed by atoms with E-state index in [1.807, 2.05) is 6.07 Å². The molecule has 1 aromatic carbocycles. The second-order valence-electron chi connectivity index (χ2n) is 6.74. The minimum absolute atomic E-state index is 0.0278. The van der Waals surface area contributed by atoms with Crippen LogP contribution in [0.25, 0.3) is 17.4 Å². The number of rotatable bonds is 6. The maximum atomic E-state index is 12.3. The van der Waals surface area contributed by atoms with Gasteiger partial charge in [0.2, 0.25) is 0 Å². The summed E-state index contributed by atoms with van der Waals surface area (Å²) in [6, 6.07) is 11.3. The molecule has 0 spiro atoms. The number of hydrogen-bond acceptors (Lipinski definition) is 7. The molecule has 9 heteroatoms. The Kier molecular flexibility index (Phi) is 6.37. The fourth-order valence-corrected chi connectivity index (χ4v) is 4.71. The SMILES string of the molecule is CCOC(=O)c1ccc(-c2ccc(/C=C(\C#N)C(=O)N[C@H]3CCS(=O)(=O)C3)o2)cc1. The zero-order chi connectivity index (χ0) is 21.7. The van der Waals surface area contributed by atoms with Gasteiger partial charge in [-0.05, 0) is 37.6 Å². The third-order valence-corrected chi connectivity index (χ3v) is 6.29. The highest BCUT2D eigenvalue weighted by Gasteiger charge is 2.29. The first kappa shape index (κ1) is 21.3. The number of benzene rings is 1. The number of furan rings is 1. The summed E-state index contributed by atoms with van der Waals surface area (Å²) in [5, 5.41) is 11.9. The first-order valence-electron chi connectivity index (χ1n) is 9.32. The lowest BCUT2D eigenvalue weighted by atomic mass is 10.1. The van der Waals surface area contributed by atoms with Gasteiger partial charge in [0, 0.05) is 17.7 Å². The van der Waals surface area contributed by atoms with Gasteiger partial charge < -0.3 is 14.5 Å². The Morgan fingerprint density at radius 3 is 2.60 bits per heavy atom. The van der Waals surface area contributed by atoms with Crippen molar-refractivity contribution in [2.75, 3.05) is 18.1 Å². The Bertz CT molecular complexity index is 1120. The van der Waals surface area contributed by atoms with E-state index >= 15 is 0 Å². The van der Waals surface area contributed by atoms with Crippen LogP contribution in [-0.2, 0) is 19.4 Å². The van der Waals surface area contributed by atoms with Crippen LogP contribution < -0.4 is 5.32 Å². The number of nitrogens with zero attached hydrogens (tertiary/aromatic N) is 1. The number of amides is 1. The minimum Gasteiger partial charge on any atom is -0.462 e. The van der Waals surface area contributed by atoms with Crippen LogP contribution in [0.1, 0.15) is 29.5 Å². The average Bonchev–Trinajstić information content (AvgIpc) is 3.32. The van der Waals surface area contributed by atoms with Gasteiger partial charge in [-0.1, -0.05) is 12.1 Å². The highest BCUT2D eigenvalue weighted by molar-refractivity contribution is 7.91. The van der Waals surface area contributed by atoms with E-state index in [-0.39, 0.29) is 17.1 Å². The first-order valence-corrected chi connectivity index (χ1v) is 11.1. The lowest BCUT2D eigenvalue weighted by molar-refractivity contribution is -0.117. The van der Waals surface area contributed by atoms with Crippen molar-refractivity contribution in [3.63, 3.8) is 0 Å². The molecular weight excluding hydrogens is 408 g/mol. The van der Waals surface area contributed by atoms with Gasteiger partial charge in [0.05, 0.1) is 23.7 Å².